The first kappa shape index (κ1) is 96.8. The molecule has 0 aromatic carbocycles. The Balaban J connectivity index is 5.35. The molecule has 3 N–H and O–H groups in total. The monoisotopic (exact) mass is 1460 g/mol. The number of ether oxygens (including phenoxy) is 4. The number of allylic oxidation sites excluding steroid dienone is 10. The summed E-state index contributed by atoms with van der Waals surface area (Å²) >= 11 is 0. The molecule has 0 radical (unpaired) electrons. The summed E-state index contributed by atoms with van der Waals surface area (Å²) in [5, 5.41) is 10.6. The number of unbranched alkanes of at least 4 members (excludes halogenated alkanes) is 41. The van der Waals surface area contributed by atoms with Crippen LogP contribution in [0.15, 0.2) is 60.8 Å². The van der Waals surface area contributed by atoms with Gasteiger partial charge in [0.1, 0.15) is 19.3 Å². The van der Waals surface area contributed by atoms with Crippen LogP contribution in [-0.2, 0) is 65.4 Å². The van der Waals surface area contributed by atoms with Crippen LogP contribution in [0.5, 0.6) is 0 Å². The Labute approximate surface area is 610 Å². The highest BCUT2D eigenvalue weighted by Gasteiger charge is 2.30. The summed E-state index contributed by atoms with van der Waals surface area (Å²) in [4.78, 5) is 73.0. The van der Waals surface area contributed by atoms with E-state index >= 15 is 0 Å². The number of hydrogen-bond donors (Lipinski definition) is 3. The lowest BCUT2D eigenvalue weighted by atomic mass is 10.0. The highest BCUT2D eigenvalue weighted by atomic mass is 31.2. The molecular formula is C81H148O17P2. The van der Waals surface area contributed by atoms with Gasteiger partial charge in [0.2, 0.25) is 0 Å². The van der Waals surface area contributed by atoms with Crippen LogP contribution >= 0.6 is 15.6 Å². The smallest absolute Gasteiger partial charge is 0.462 e. The molecule has 0 aliphatic rings. The zero-order valence-electron chi connectivity index (χ0n) is 63.9. The van der Waals surface area contributed by atoms with Crippen molar-refractivity contribution >= 4 is 39.5 Å². The molecule has 0 spiro atoms. The lowest BCUT2D eigenvalue weighted by molar-refractivity contribution is -0.161. The van der Waals surface area contributed by atoms with E-state index in [1.807, 2.05) is 0 Å². The first-order valence-corrected chi connectivity index (χ1v) is 43.5. The summed E-state index contributed by atoms with van der Waals surface area (Å²) in [7, 11) is -9.95. The van der Waals surface area contributed by atoms with Crippen molar-refractivity contribution < 1.29 is 80.2 Å². The van der Waals surface area contributed by atoms with Crippen molar-refractivity contribution in [3.63, 3.8) is 0 Å². The van der Waals surface area contributed by atoms with Gasteiger partial charge in [0.05, 0.1) is 26.4 Å². The number of phosphoric acid groups is 2. The van der Waals surface area contributed by atoms with Crippen molar-refractivity contribution in [1.82, 2.24) is 0 Å². The highest BCUT2D eigenvalue weighted by molar-refractivity contribution is 7.47. The Bertz CT molecular complexity index is 2130. The summed E-state index contributed by atoms with van der Waals surface area (Å²) in [6.45, 7) is 4.85. The van der Waals surface area contributed by atoms with Gasteiger partial charge in [0.25, 0.3) is 0 Å². The maximum atomic E-state index is 13.1. The summed E-state index contributed by atoms with van der Waals surface area (Å²) in [6.07, 6.45) is 73.3. The third-order valence-electron chi connectivity index (χ3n) is 17.5. The molecule has 0 amide bonds. The van der Waals surface area contributed by atoms with Crippen molar-refractivity contribution in [2.75, 3.05) is 39.6 Å². The number of phosphoric ester groups is 2. The molecule has 2 unspecified atom stereocenters. The molecule has 0 aromatic heterocycles. The van der Waals surface area contributed by atoms with E-state index in [0.29, 0.717) is 25.7 Å². The first-order chi connectivity index (χ1) is 48.7. The van der Waals surface area contributed by atoms with Crippen LogP contribution in [0.1, 0.15) is 374 Å². The topological polar surface area (TPSA) is 237 Å². The Morgan fingerprint density at radius 3 is 0.780 bits per heavy atom. The number of carbonyl (C=O) groups is 4. The van der Waals surface area contributed by atoms with Crippen LogP contribution in [0.2, 0.25) is 0 Å². The number of rotatable bonds is 77. The maximum Gasteiger partial charge on any atom is 0.472 e. The van der Waals surface area contributed by atoms with Gasteiger partial charge in [-0.2, -0.15) is 0 Å². The molecule has 0 heterocycles. The molecule has 0 aliphatic carbocycles. The van der Waals surface area contributed by atoms with Gasteiger partial charge in [0.15, 0.2) is 12.2 Å². The van der Waals surface area contributed by atoms with E-state index in [9.17, 15) is 43.2 Å². The van der Waals surface area contributed by atoms with Gasteiger partial charge in [0, 0.05) is 25.7 Å². The van der Waals surface area contributed by atoms with E-state index in [4.69, 9.17) is 37.0 Å². The molecular weight excluding hydrogens is 1310 g/mol. The fourth-order valence-electron chi connectivity index (χ4n) is 11.2. The highest BCUT2D eigenvalue weighted by Crippen LogP contribution is 2.45. The second-order valence-electron chi connectivity index (χ2n) is 27.4. The van der Waals surface area contributed by atoms with E-state index in [1.165, 1.54) is 128 Å². The van der Waals surface area contributed by atoms with Crippen LogP contribution in [0.3, 0.4) is 0 Å². The SMILES string of the molecule is CCCCC/C=C\C/C=C\CCCCCCCC(=O)OC[C@H](COP(=O)(O)OC[C@@H](O)COP(=O)(O)OC[C@@H](COC(=O)CCCCCCC/C=C\C/C=C\CCCCC)OC(=O)CCCCCCCCCCCCCCCCC)OC(=O)CCCCCCCCC/C=C\CCCCCC. The minimum absolute atomic E-state index is 0.0907. The van der Waals surface area contributed by atoms with Gasteiger partial charge in [-0.25, -0.2) is 9.13 Å². The van der Waals surface area contributed by atoms with Gasteiger partial charge in [-0.05, 0) is 116 Å². The Hall–Kier alpha value is -3.24. The third-order valence-corrected chi connectivity index (χ3v) is 19.4. The largest absolute Gasteiger partial charge is 0.472 e. The minimum Gasteiger partial charge on any atom is -0.462 e. The van der Waals surface area contributed by atoms with Gasteiger partial charge >= 0.3 is 39.5 Å². The van der Waals surface area contributed by atoms with E-state index in [-0.39, 0.29) is 25.7 Å². The van der Waals surface area contributed by atoms with Crippen molar-refractivity contribution in [1.29, 1.82) is 0 Å². The zero-order chi connectivity index (χ0) is 73.2. The summed E-state index contributed by atoms with van der Waals surface area (Å²) < 4.78 is 68.6. The maximum absolute atomic E-state index is 13.1. The number of carbonyl (C=O) groups excluding carboxylic acids is 4. The molecule has 0 bridgehead atoms. The van der Waals surface area contributed by atoms with E-state index < -0.39 is 97.5 Å². The van der Waals surface area contributed by atoms with Gasteiger partial charge in [-0.1, -0.05) is 294 Å². The Morgan fingerprint density at radius 2 is 0.490 bits per heavy atom. The summed E-state index contributed by atoms with van der Waals surface area (Å²) in [5.41, 5.74) is 0. The van der Waals surface area contributed by atoms with E-state index in [2.05, 4.69) is 88.5 Å². The van der Waals surface area contributed by atoms with Gasteiger partial charge < -0.3 is 33.8 Å². The van der Waals surface area contributed by atoms with Crippen LogP contribution in [-0.4, -0.2) is 96.7 Å². The second kappa shape index (κ2) is 74.0. The molecule has 0 fully saturated rings. The molecule has 19 heteroatoms. The van der Waals surface area contributed by atoms with Crippen molar-refractivity contribution in [2.45, 2.75) is 393 Å². The quantitative estimate of drug-likeness (QED) is 0.0169. The van der Waals surface area contributed by atoms with Crippen molar-refractivity contribution in [3.05, 3.63) is 60.8 Å². The molecule has 0 aromatic rings. The molecule has 0 saturated heterocycles. The lowest BCUT2D eigenvalue weighted by Crippen LogP contribution is -2.30. The number of hydrogen-bond acceptors (Lipinski definition) is 15. The number of esters is 4. The van der Waals surface area contributed by atoms with Crippen LogP contribution in [0.25, 0.3) is 0 Å². The standard InChI is InChI=1S/C81H148O17P2/c1-5-9-13-17-21-25-29-33-37-41-45-49-53-57-61-65-78(83)91-71-76(97-80(85)67-63-59-55-51-47-43-39-35-31-27-23-19-15-11-7-3)73-95-99(87,88)93-69-75(82)70-94-100(89,90)96-74-77(98-81(86)68-64-60-56-52-48-44-40-36-32-28-24-20-16-12-8-4)72-92-79(84)66-62-58-54-50-46-42-38-34-30-26-22-18-14-10-6-2/h21-22,25-27,31,33-34,37-38,75-77,82H,5-20,23-24,28-30,32,35-36,39-74H2,1-4H3,(H,87,88)(H,89,90)/b25-21-,26-22-,31-27-,37-33-,38-34-/t75-,76-,77-/m1/s1. The molecule has 0 rings (SSSR count). The number of aliphatic hydroxyl groups excluding tert-OH is 1. The second-order valence-corrected chi connectivity index (χ2v) is 30.3. The zero-order valence-corrected chi connectivity index (χ0v) is 65.7. The molecule has 5 atom stereocenters. The molecule has 0 aliphatic heterocycles. The van der Waals surface area contributed by atoms with Crippen molar-refractivity contribution in [3.8, 4) is 0 Å². The fraction of sp³-hybridized carbons (Fsp3) is 0.827. The predicted octanol–water partition coefficient (Wildman–Crippen LogP) is 23.5. The molecule has 100 heavy (non-hydrogen) atoms. The average Bonchev–Trinajstić information content (AvgIpc) is 1.01. The molecule has 584 valence electrons. The first-order valence-electron chi connectivity index (χ1n) is 40.5. The number of aliphatic hydroxyl groups is 1. The van der Waals surface area contributed by atoms with E-state index in [0.717, 1.165) is 167 Å². The normalized spacial score (nSPS) is 14.2. The van der Waals surface area contributed by atoms with Crippen molar-refractivity contribution in [2.24, 2.45) is 0 Å². The third kappa shape index (κ3) is 73.1. The van der Waals surface area contributed by atoms with Gasteiger partial charge in [-0.15, -0.1) is 0 Å². The fourth-order valence-corrected chi connectivity index (χ4v) is 12.8. The molecule has 0 saturated carbocycles. The summed E-state index contributed by atoms with van der Waals surface area (Å²) in [6, 6.07) is 0. The minimum atomic E-state index is -4.97. The van der Waals surface area contributed by atoms with Crippen LogP contribution in [0, 0.1) is 0 Å². The van der Waals surface area contributed by atoms with Gasteiger partial charge in [-0.3, -0.25) is 37.3 Å². The van der Waals surface area contributed by atoms with E-state index in [1.54, 1.807) is 0 Å². The average molecular weight is 1460 g/mol. The van der Waals surface area contributed by atoms with Crippen LogP contribution < -0.4 is 0 Å². The van der Waals surface area contributed by atoms with Crippen LogP contribution in [0.4, 0.5) is 0 Å². The Morgan fingerprint density at radius 1 is 0.280 bits per heavy atom. The summed E-state index contributed by atoms with van der Waals surface area (Å²) in [5.74, 6) is -2.17. The Kier molecular flexibility index (Phi) is 71.6. The lowest BCUT2D eigenvalue weighted by Gasteiger charge is -2.21. The predicted molar refractivity (Wildman–Crippen MR) is 409 cm³/mol. The molecule has 17 nitrogen and oxygen atoms in total.